The highest BCUT2D eigenvalue weighted by Crippen LogP contribution is 2.23. The molecule has 0 N–H and O–H groups in total. The number of rotatable bonds is 1. The van der Waals surface area contributed by atoms with Crippen molar-refractivity contribution in [3.05, 3.63) is 65.9 Å². The van der Waals surface area contributed by atoms with Crippen LogP contribution >= 0.6 is 0 Å². The smallest absolute Gasteiger partial charge is 0.0991 e. The summed E-state index contributed by atoms with van der Waals surface area (Å²) >= 11 is 0. The Morgan fingerprint density at radius 3 is 2.50 bits per heavy atom. The first-order chi connectivity index (χ1) is 8.79. The molecule has 0 saturated heterocycles. The normalized spacial score (nSPS) is 10.4. The van der Waals surface area contributed by atoms with Gasteiger partial charge in [0.1, 0.15) is 0 Å². The molecular formula is C16H12N2. The van der Waals surface area contributed by atoms with Crippen LogP contribution in [0, 0.1) is 18.3 Å². The van der Waals surface area contributed by atoms with Gasteiger partial charge in [-0.25, -0.2) is 0 Å². The maximum absolute atomic E-state index is 8.81. The molecule has 3 rings (SSSR count). The predicted octanol–water partition coefficient (Wildman–Crippen LogP) is 3.81. The molecular weight excluding hydrogens is 220 g/mol. The average molecular weight is 232 g/mol. The number of aromatic nitrogens is 1. The highest BCUT2D eigenvalue weighted by molar-refractivity contribution is 5.85. The standard InChI is InChI=1S/C16H12N2/c1-12-3-2-4-16-15(12)9-10-18(16)14-7-5-13(11-17)6-8-14/h2-10H,1H3. The van der Waals surface area contributed by atoms with E-state index >= 15 is 0 Å². The van der Waals surface area contributed by atoms with Crippen molar-refractivity contribution in [3.8, 4) is 11.8 Å². The monoisotopic (exact) mass is 232 g/mol. The summed E-state index contributed by atoms with van der Waals surface area (Å²) in [6.07, 6.45) is 2.07. The molecule has 86 valence electrons. The van der Waals surface area contributed by atoms with Crippen molar-refractivity contribution in [3.63, 3.8) is 0 Å². The third-order valence-electron chi connectivity index (χ3n) is 3.23. The van der Waals surface area contributed by atoms with E-state index in [4.69, 9.17) is 5.26 Å². The molecule has 0 atom stereocenters. The Morgan fingerprint density at radius 2 is 1.78 bits per heavy atom. The minimum atomic E-state index is 0.686. The van der Waals surface area contributed by atoms with Gasteiger partial charge in [-0.15, -0.1) is 0 Å². The Hall–Kier alpha value is -2.53. The van der Waals surface area contributed by atoms with Gasteiger partial charge in [0.15, 0.2) is 0 Å². The van der Waals surface area contributed by atoms with Gasteiger partial charge in [-0.1, -0.05) is 12.1 Å². The molecule has 0 radical (unpaired) electrons. The van der Waals surface area contributed by atoms with Gasteiger partial charge in [-0.3, -0.25) is 0 Å². The number of aryl methyl sites for hydroxylation is 1. The Labute approximate surface area is 106 Å². The average Bonchev–Trinajstić information content (AvgIpc) is 2.84. The van der Waals surface area contributed by atoms with Crippen LogP contribution < -0.4 is 0 Å². The molecule has 0 saturated carbocycles. The van der Waals surface area contributed by atoms with Crippen molar-refractivity contribution in [2.24, 2.45) is 0 Å². The second-order valence-corrected chi connectivity index (χ2v) is 4.35. The maximum atomic E-state index is 8.81. The summed E-state index contributed by atoms with van der Waals surface area (Å²) < 4.78 is 2.14. The fraction of sp³-hybridized carbons (Fsp3) is 0.0625. The van der Waals surface area contributed by atoms with E-state index in [0.717, 1.165) is 5.69 Å². The number of nitrogens with zero attached hydrogens (tertiary/aromatic N) is 2. The van der Waals surface area contributed by atoms with E-state index in [-0.39, 0.29) is 0 Å². The summed E-state index contributed by atoms with van der Waals surface area (Å²) in [5, 5.41) is 10.1. The molecule has 1 aromatic heterocycles. The quantitative estimate of drug-likeness (QED) is 0.627. The SMILES string of the molecule is Cc1cccc2c1ccn2-c1ccc(C#N)cc1. The largest absolute Gasteiger partial charge is 0.317 e. The van der Waals surface area contributed by atoms with Crippen molar-refractivity contribution in [2.75, 3.05) is 0 Å². The zero-order chi connectivity index (χ0) is 12.5. The van der Waals surface area contributed by atoms with Gasteiger partial charge < -0.3 is 4.57 Å². The minimum Gasteiger partial charge on any atom is -0.317 e. The molecule has 2 heteroatoms. The molecule has 0 aliphatic carbocycles. The first-order valence-electron chi connectivity index (χ1n) is 5.87. The minimum absolute atomic E-state index is 0.686. The first kappa shape index (κ1) is 10.6. The molecule has 0 unspecified atom stereocenters. The highest BCUT2D eigenvalue weighted by atomic mass is 15.0. The van der Waals surface area contributed by atoms with Gasteiger partial charge in [-0.2, -0.15) is 5.26 Å². The molecule has 0 amide bonds. The lowest BCUT2D eigenvalue weighted by Gasteiger charge is -2.06. The van der Waals surface area contributed by atoms with Gasteiger partial charge in [0.05, 0.1) is 17.1 Å². The first-order valence-corrected chi connectivity index (χ1v) is 5.87. The van der Waals surface area contributed by atoms with Crippen LogP contribution in [0.2, 0.25) is 0 Å². The summed E-state index contributed by atoms with van der Waals surface area (Å²) in [6.45, 7) is 2.12. The number of fused-ring (bicyclic) bond motifs is 1. The third kappa shape index (κ3) is 1.57. The van der Waals surface area contributed by atoms with E-state index in [9.17, 15) is 0 Å². The van der Waals surface area contributed by atoms with Crippen LogP contribution in [0.5, 0.6) is 0 Å². The van der Waals surface area contributed by atoms with Crippen molar-refractivity contribution in [1.29, 1.82) is 5.26 Å². The molecule has 1 heterocycles. The fourth-order valence-electron chi connectivity index (χ4n) is 2.24. The Kier molecular flexibility index (Phi) is 2.39. The van der Waals surface area contributed by atoms with Crippen molar-refractivity contribution in [1.82, 2.24) is 4.57 Å². The summed E-state index contributed by atoms with van der Waals surface area (Å²) in [6, 6.07) is 18.2. The summed E-state index contributed by atoms with van der Waals surface area (Å²) in [7, 11) is 0. The summed E-state index contributed by atoms with van der Waals surface area (Å²) in [5.74, 6) is 0. The lowest BCUT2D eigenvalue weighted by atomic mass is 10.1. The number of nitriles is 1. The summed E-state index contributed by atoms with van der Waals surface area (Å²) in [4.78, 5) is 0. The topological polar surface area (TPSA) is 28.7 Å². The fourth-order valence-corrected chi connectivity index (χ4v) is 2.24. The van der Waals surface area contributed by atoms with Gasteiger partial charge in [0.25, 0.3) is 0 Å². The Morgan fingerprint density at radius 1 is 1.00 bits per heavy atom. The lowest BCUT2D eigenvalue weighted by molar-refractivity contribution is 1.13. The Balaban J connectivity index is 2.20. The molecule has 18 heavy (non-hydrogen) atoms. The molecule has 3 aromatic rings. The zero-order valence-electron chi connectivity index (χ0n) is 10.1. The summed E-state index contributed by atoms with van der Waals surface area (Å²) in [5.41, 5.74) is 4.24. The van der Waals surface area contributed by atoms with Crippen LogP contribution in [0.3, 0.4) is 0 Å². The van der Waals surface area contributed by atoms with Crippen molar-refractivity contribution >= 4 is 10.9 Å². The van der Waals surface area contributed by atoms with Gasteiger partial charge in [-0.05, 0) is 48.9 Å². The van der Waals surface area contributed by atoms with E-state index in [1.807, 2.05) is 24.3 Å². The third-order valence-corrected chi connectivity index (χ3v) is 3.23. The maximum Gasteiger partial charge on any atom is 0.0991 e. The van der Waals surface area contributed by atoms with E-state index < -0.39 is 0 Å². The van der Waals surface area contributed by atoms with E-state index in [1.165, 1.54) is 16.5 Å². The second kappa shape index (κ2) is 4.05. The number of hydrogen-bond donors (Lipinski definition) is 0. The molecule has 0 fully saturated rings. The van der Waals surface area contributed by atoms with Crippen molar-refractivity contribution < 1.29 is 0 Å². The van der Waals surface area contributed by atoms with Crippen LogP contribution in [0.1, 0.15) is 11.1 Å². The molecule has 2 nitrogen and oxygen atoms in total. The van der Waals surface area contributed by atoms with Gasteiger partial charge >= 0.3 is 0 Å². The van der Waals surface area contributed by atoms with Gasteiger partial charge in [0, 0.05) is 17.3 Å². The van der Waals surface area contributed by atoms with Crippen LogP contribution in [0.4, 0.5) is 0 Å². The van der Waals surface area contributed by atoms with Gasteiger partial charge in [0.2, 0.25) is 0 Å². The molecule has 2 aromatic carbocycles. The lowest BCUT2D eigenvalue weighted by Crippen LogP contribution is -1.91. The van der Waals surface area contributed by atoms with Crippen LogP contribution in [-0.4, -0.2) is 4.57 Å². The molecule has 0 spiro atoms. The van der Waals surface area contributed by atoms with Crippen molar-refractivity contribution in [2.45, 2.75) is 6.92 Å². The van der Waals surface area contributed by atoms with Crippen LogP contribution in [0.25, 0.3) is 16.6 Å². The zero-order valence-corrected chi connectivity index (χ0v) is 10.1. The highest BCUT2D eigenvalue weighted by Gasteiger charge is 2.04. The predicted molar refractivity (Wildman–Crippen MR) is 72.7 cm³/mol. The number of benzene rings is 2. The molecule has 0 aliphatic heterocycles. The molecule has 0 bridgehead atoms. The van der Waals surface area contributed by atoms with E-state index in [0.29, 0.717) is 5.56 Å². The molecule has 0 aliphatic rings. The van der Waals surface area contributed by atoms with E-state index in [1.54, 1.807) is 0 Å². The Bertz CT molecular complexity index is 743. The number of hydrogen-bond acceptors (Lipinski definition) is 1. The van der Waals surface area contributed by atoms with Crippen LogP contribution in [0.15, 0.2) is 54.7 Å². The van der Waals surface area contributed by atoms with E-state index in [2.05, 4.69) is 48.0 Å². The second-order valence-electron chi connectivity index (χ2n) is 4.35. The van der Waals surface area contributed by atoms with Crippen LogP contribution in [-0.2, 0) is 0 Å².